The molecular formula is C14H12N6OS2. The molecule has 0 saturated heterocycles. The van der Waals surface area contributed by atoms with Crippen molar-refractivity contribution in [3.63, 3.8) is 0 Å². The summed E-state index contributed by atoms with van der Waals surface area (Å²) in [6.07, 6.45) is 0. The van der Waals surface area contributed by atoms with Gasteiger partial charge in [0.1, 0.15) is 10.9 Å². The van der Waals surface area contributed by atoms with Gasteiger partial charge in [0.25, 0.3) is 5.91 Å². The van der Waals surface area contributed by atoms with Crippen LogP contribution in [0.4, 0.5) is 5.82 Å². The summed E-state index contributed by atoms with van der Waals surface area (Å²) in [5.41, 5.74) is 1.31. The van der Waals surface area contributed by atoms with Crippen LogP contribution in [0.5, 0.6) is 0 Å². The van der Waals surface area contributed by atoms with E-state index in [4.69, 9.17) is 0 Å². The van der Waals surface area contributed by atoms with Gasteiger partial charge in [0, 0.05) is 24.7 Å². The van der Waals surface area contributed by atoms with E-state index in [2.05, 4.69) is 21.5 Å². The Balaban J connectivity index is 1.67. The fourth-order valence-electron chi connectivity index (χ4n) is 2.67. The molecule has 0 aromatic carbocycles. The van der Waals surface area contributed by atoms with Gasteiger partial charge in [0.2, 0.25) is 0 Å². The molecule has 3 aromatic rings. The van der Waals surface area contributed by atoms with Crippen LogP contribution in [0.2, 0.25) is 0 Å². The van der Waals surface area contributed by atoms with Crippen molar-refractivity contribution in [1.29, 1.82) is 5.26 Å². The van der Waals surface area contributed by atoms with Crippen LogP contribution < -0.4 is 5.32 Å². The molecule has 1 amide bonds. The lowest BCUT2D eigenvalue weighted by Crippen LogP contribution is -2.12. The summed E-state index contributed by atoms with van der Waals surface area (Å²) in [5.74, 6) is 1.00. The molecule has 0 fully saturated rings. The zero-order valence-electron chi connectivity index (χ0n) is 12.5. The van der Waals surface area contributed by atoms with Gasteiger partial charge in [-0.05, 0) is 13.0 Å². The number of hydrogen-bond donors (Lipinski definition) is 1. The van der Waals surface area contributed by atoms with Crippen molar-refractivity contribution >= 4 is 45.0 Å². The van der Waals surface area contributed by atoms with Crippen LogP contribution in [0.15, 0.2) is 11.2 Å². The summed E-state index contributed by atoms with van der Waals surface area (Å²) >= 11 is 2.97. The second-order valence-electron chi connectivity index (χ2n) is 5.20. The van der Waals surface area contributed by atoms with Gasteiger partial charge in [-0.15, -0.1) is 11.3 Å². The summed E-state index contributed by atoms with van der Waals surface area (Å²) in [5, 5.41) is 18.2. The molecule has 4 rings (SSSR count). The number of carbonyl (C=O) groups excluding carboxylic acids is 1. The van der Waals surface area contributed by atoms with Crippen molar-refractivity contribution in [3.8, 4) is 6.07 Å². The third kappa shape index (κ3) is 2.14. The highest BCUT2D eigenvalue weighted by atomic mass is 32.2. The lowest BCUT2D eigenvalue weighted by molar-refractivity contribution is 0.103. The number of rotatable bonds is 2. The largest absolute Gasteiger partial charge is 0.308 e. The van der Waals surface area contributed by atoms with Gasteiger partial charge in [-0.2, -0.15) is 10.4 Å². The molecule has 0 spiro atoms. The van der Waals surface area contributed by atoms with Gasteiger partial charge in [0.15, 0.2) is 16.7 Å². The monoisotopic (exact) mass is 344 g/mol. The third-order valence-electron chi connectivity index (χ3n) is 3.74. The lowest BCUT2D eigenvalue weighted by atomic mass is 10.3. The molecule has 116 valence electrons. The number of amides is 1. The van der Waals surface area contributed by atoms with Crippen LogP contribution >= 0.6 is 23.1 Å². The molecular weight excluding hydrogens is 332 g/mol. The number of nitriles is 1. The first-order valence-corrected chi connectivity index (χ1v) is 8.76. The smallest absolute Gasteiger partial charge is 0.267 e. The van der Waals surface area contributed by atoms with Crippen LogP contribution in [-0.4, -0.2) is 31.0 Å². The maximum absolute atomic E-state index is 12.5. The van der Waals surface area contributed by atoms with Crippen LogP contribution in [0.3, 0.4) is 0 Å². The van der Waals surface area contributed by atoms with Crippen LogP contribution in [0.25, 0.3) is 10.2 Å². The average Bonchev–Trinajstić information content (AvgIpc) is 3.23. The maximum atomic E-state index is 12.5. The standard InChI is InChI=1S/C14H12N6OS2/c1-7-8-5-10(23-13(8)19(2)18-7)12(21)16-11-9(6-15)20-3-4-22-14(20)17-11/h5H,3-4H2,1-2H3,(H,16,21). The number of thioether (sulfide) groups is 1. The Morgan fingerprint density at radius 2 is 2.35 bits per heavy atom. The minimum absolute atomic E-state index is 0.246. The summed E-state index contributed by atoms with van der Waals surface area (Å²) in [4.78, 5) is 18.4. The number of thiophene rings is 1. The highest BCUT2D eigenvalue weighted by Crippen LogP contribution is 2.31. The fraction of sp³-hybridized carbons (Fsp3) is 0.286. The van der Waals surface area contributed by atoms with E-state index < -0.39 is 0 Å². The topological polar surface area (TPSA) is 88.5 Å². The molecule has 0 bridgehead atoms. The maximum Gasteiger partial charge on any atom is 0.267 e. The Morgan fingerprint density at radius 3 is 3.09 bits per heavy atom. The molecule has 1 aliphatic rings. The number of imidazole rings is 1. The van der Waals surface area contributed by atoms with Gasteiger partial charge < -0.3 is 9.88 Å². The number of nitrogens with one attached hydrogen (secondary N) is 1. The normalized spacial score (nSPS) is 13.3. The van der Waals surface area contributed by atoms with Crippen molar-refractivity contribution in [2.75, 3.05) is 11.1 Å². The number of aromatic nitrogens is 4. The summed E-state index contributed by atoms with van der Waals surface area (Å²) in [6.45, 7) is 2.67. The Bertz CT molecular complexity index is 955. The number of anilines is 1. The van der Waals surface area contributed by atoms with Crippen molar-refractivity contribution < 1.29 is 4.79 Å². The van der Waals surface area contributed by atoms with Crippen molar-refractivity contribution in [2.45, 2.75) is 18.6 Å². The quantitative estimate of drug-likeness (QED) is 0.771. The molecule has 0 radical (unpaired) electrons. The van der Waals surface area contributed by atoms with E-state index in [1.807, 2.05) is 24.6 Å². The minimum atomic E-state index is -0.246. The van der Waals surface area contributed by atoms with Gasteiger partial charge in [0.05, 0.1) is 10.6 Å². The Kier molecular flexibility index (Phi) is 3.18. The molecule has 1 aliphatic heterocycles. The van der Waals surface area contributed by atoms with Crippen LogP contribution in [-0.2, 0) is 13.6 Å². The number of aryl methyl sites for hydroxylation is 2. The molecule has 1 N–H and O–H groups in total. The van der Waals surface area contributed by atoms with Crippen molar-refractivity contribution in [2.24, 2.45) is 7.05 Å². The lowest BCUT2D eigenvalue weighted by Gasteiger charge is -2.01. The Morgan fingerprint density at radius 1 is 1.52 bits per heavy atom. The molecule has 0 saturated carbocycles. The summed E-state index contributed by atoms with van der Waals surface area (Å²) in [6, 6.07) is 3.97. The first-order chi connectivity index (χ1) is 11.1. The van der Waals surface area contributed by atoms with E-state index in [1.54, 1.807) is 16.4 Å². The van der Waals surface area contributed by atoms with Crippen molar-refractivity contribution in [3.05, 3.63) is 22.3 Å². The first-order valence-electron chi connectivity index (χ1n) is 6.96. The molecule has 0 atom stereocenters. The van der Waals surface area contributed by atoms with E-state index in [0.717, 1.165) is 33.4 Å². The van der Waals surface area contributed by atoms with Gasteiger partial charge >= 0.3 is 0 Å². The molecule has 23 heavy (non-hydrogen) atoms. The zero-order chi connectivity index (χ0) is 16.1. The Hall–Kier alpha value is -2.31. The average molecular weight is 344 g/mol. The van der Waals surface area contributed by atoms with Crippen molar-refractivity contribution in [1.82, 2.24) is 19.3 Å². The zero-order valence-corrected chi connectivity index (χ0v) is 14.1. The number of nitrogens with zero attached hydrogens (tertiary/aromatic N) is 5. The number of hydrogen-bond acceptors (Lipinski definition) is 6. The SMILES string of the molecule is Cc1nn(C)c2sc(C(=O)Nc3nc4n(c3C#N)CCS4)cc12. The number of carbonyl (C=O) groups is 1. The highest BCUT2D eigenvalue weighted by Gasteiger charge is 2.24. The molecule has 9 heteroatoms. The minimum Gasteiger partial charge on any atom is -0.308 e. The summed E-state index contributed by atoms with van der Waals surface area (Å²) < 4.78 is 3.62. The molecule has 4 heterocycles. The second-order valence-corrected chi connectivity index (χ2v) is 7.29. The molecule has 0 aliphatic carbocycles. The third-order valence-corrected chi connectivity index (χ3v) is 5.89. The van der Waals surface area contributed by atoms with Gasteiger partial charge in [-0.25, -0.2) is 4.98 Å². The van der Waals surface area contributed by atoms with Crippen LogP contribution in [0.1, 0.15) is 21.1 Å². The van der Waals surface area contributed by atoms with Gasteiger partial charge in [-0.1, -0.05) is 11.8 Å². The molecule has 7 nitrogen and oxygen atoms in total. The van der Waals surface area contributed by atoms with Gasteiger partial charge in [-0.3, -0.25) is 9.48 Å². The molecule has 3 aromatic heterocycles. The van der Waals surface area contributed by atoms with E-state index in [1.165, 1.54) is 11.3 Å². The first kappa shape index (κ1) is 14.3. The summed E-state index contributed by atoms with van der Waals surface area (Å²) in [7, 11) is 1.86. The predicted octanol–water partition coefficient (Wildman–Crippen LogP) is 2.37. The fourth-order valence-corrected chi connectivity index (χ4v) is 4.63. The highest BCUT2D eigenvalue weighted by molar-refractivity contribution is 7.99. The van der Waals surface area contributed by atoms with E-state index >= 15 is 0 Å². The predicted molar refractivity (Wildman–Crippen MR) is 88.9 cm³/mol. The molecule has 0 unspecified atom stereocenters. The number of fused-ring (bicyclic) bond motifs is 2. The van der Waals surface area contributed by atoms with E-state index in [0.29, 0.717) is 16.4 Å². The van der Waals surface area contributed by atoms with E-state index in [9.17, 15) is 10.1 Å². The van der Waals surface area contributed by atoms with Crippen LogP contribution in [0, 0.1) is 18.3 Å². The Labute approximate surface area is 139 Å². The second kappa shape index (κ2) is 5.11. The van der Waals surface area contributed by atoms with E-state index in [-0.39, 0.29) is 5.91 Å².